The van der Waals surface area contributed by atoms with Gasteiger partial charge in [0.05, 0.1) is 0 Å². The molecule has 1 aromatic rings. The third-order valence-electron chi connectivity index (χ3n) is 4.74. The Hall–Kier alpha value is -1.06. The van der Waals surface area contributed by atoms with E-state index >= 15 is 0 Å². The van der Waals surface area contributed by atoms with Crippen LogP contribution < -0.4 is 10.2 Å². The van der Waals surface area contributed by atoms with Gasteiger partial charge in [0, 0.05) is 24.8 Å². The summed E-state index contributed by atoms with van der Waals surface area (Å²) in [6.45, 7) is 6.05. The van der Waals surface area contributed by atoms with Gasteiger partial charge in [-0.3, -0.25) is 0 Å². The fraction of sp³-hybridized carbons (Fsp3) is 0.647. The van der Waals surface area contributed by atoms with Crippen LogP contribution in [0.15, 0.2) is 24.3 Å². The molecule has 2 heterocycles. The highest BCUT2D eigenvalue weighted by Crippen LogP contribution is 2.27. The predicted octanol–water partition coefficient (Wildman–Crippen LogP) is 2.12. The SMILES string of the molecule is CN1CCC(NCCCN2CCc3ccccc32)CC1. The number of likely N-dealkylation sites (tertiary alicyclic amines) is 1. The number of piperidine rings is 1. The van der Waals surface area contributed by atoms with Crippen LogP contribution in [0.1, 0.15) is 24.8 Å². The maximum absolute atomic E-state index is 3.74. The average molecular weight is 273 g/mol. The number of anilines is 1. The summed E-state index contributed by atoms with van der Waals surface area (Å²) < 4.78 is 0. The number of nitrogens with zero attached hydrogens (tertiary/aromatic N) is 2. The van der Waals surface area contributed by atoms with Gasteiger partial charge >= 0.3 is 0 Å². The largest absolute Gasteiger partial charge is 0.371 e. The van der Waals surface area contributed by atoms with Crippen molar-refractivity contribution in [3.63, 3.8) is 0 Å². The molecule has 0 aliphatic carbocycles. The zero-order chi connectivity index (χ0) is 13.8. The van der Waals surface area contributed by atoms with E-state index < -0.39 is 0 Å². The van der Waals surface area contributed by atoms with Crippen molar-refractivity contribution >= 4 is 5.69 Å². The lowest BCUT2D eigenvalue weighted by atomic mass is 10.1. The van der Waals surface area contributed by atoms with Crippen molar-refractivity contribution < 1.29 is 0 Å². The Labute approximate surface area is 123 Å². The van der Waals surface area contributed by atoms with Gasteiger partial charge in [0.15, 0.2) is 0 Å². The number of fused-ring (bicyclic) bond motifs is 1. The van der Waals surface area contributed by atoms with Crippen LogP contribution in [0.5, 0.6) is 0 Å². The van der Waals surface area contributed by atoms with Crippen molar-refractivity contribution in [1.82, 2.24) is 10.2 Å². The number of rotatable bonds is 5. The quantitative estimate of drug-likeness (QED) is 0.829. The molecular formula is C17H27N3. The summed E-state index contributed by atoms with van der Waals surface area (Å²) in [5.41, 5.74) is 2.99. The van der Waals surface area contributed by atoms with E-state index in [0.717, 1.165) is 12.6 Å². The van der Waals surface area contributed by atoms with Crippen LogP contribution in [0.2, 0.25) is 0 Å². The lowest BCUT2D eigenvalue weighted by molar-refractivity contribution is 0.235. The Bertz CT molecular complexity index is 424. The van der Waals surface area contributed by atoms with E-state index in [0.29, 0.717) is 0 Å². The molecule has 0 saturated carbocycles. The van der Waals surface area contributed by atoms with Gasteiger partial charge in [-0.2, -0.15) is 0 Å². The van der Waals surface area contributed by atoms with Crippen LogP contribution >= 0.6 is 0 Å². The van der Waals surface area contributed by atoms with E-state index in [1.54, 1.807) is 0 Å². The van der Waals surface area contributed by atoms with Crippen LogP contribution in [0, 0.1) is 0 Å². The van der Waals surface area contributed by atoms with Gasteiger partial charge in [0.25, 0.3) is 0 Å². The molecule has 0 spiro atoms. The molecule has 1 saturated heterocycles. The molecule has 1 N–H and O–H groups in total. The molecule has 0 amide bonds. The molecule has 0 atom stereocenters. The molecule has 2 aliphatic heterocycles. The molecule has 20 heavy (non-hydrogen) atoms. The van der Waals surface area contributed by atoms with Gasteiger partial charge in [-0.1, -0.05) is 18.2 Å². The minimum atomic E-state index is 0.747. The number of hydrogen-bond donors (Lipinski definition) is 1. The van der Waals surface area contributed by atoms with Crippen LogP contribution in [0.3, 0.4) is 0 Å². The van der Waals surface area contributed by atoms with Gasteiger partial charge < -0.3 is 15.1 Å². The van der Waals surface area contributed by atoms with E-state index in [1.165, 1.54) is 63.1 Å². The second-order valence-corrected chi connectivity index (χ2v) is 6.25. The standard InChI is InChI=1S/C17H27N3/c1-19-12-8-16(9-13-19)18-10-4-11-20-14-7-15-5-2-3-6-17(15)20/h2-3,5-6,16,18H,4,7-14H2,1H3. The fourth-order valence-electron chi connectivity index (χ4n) is 3.43. The number of nitrogens with one attached hydrogen (secondary N) is 1. The summed E-state index contributed by atoms with van der Waals surface area (Å²) in [5.74, 6) is 0. The Kier molecular flexibility index (Phi) is 4.58. The summed E-state index contributed by atoms with van der Waals surface area (Å²) in [6, 6.07) is 9.61. The van der Waals surface area contributed by atoms with E-state index in [9.17, 15) is 0 Å². The number of hydrogen-bond acceptors (Lipinski definition) is 3. The van der Waals surface area contributed by atoms with Crippen molar-refractivity contribution in [2.75, 3.05) is 44.7 Å². The van der Waals surface area contributed by atoms with Gasteiger partial charge in [-0.25, -0.2) is 0 Å². The van der Waals surface area contributed by atoms with E-state index in [4.69, 9.17) is 0 Å². The lowest BCUT2D eigenvalue weighted by Crippen LogP contribution is -2.41. The van der Waals surface area contributed by atoms with Crippen LogP contribution in [-0.2, 0) is 6.42 Å². The molecule has 3 nitrogen and oxygen atoms in total. The van der Waals surface area contributed by atoms with Gasteiger partial charge in [0.1, 0.15) is 0 Å². The zero-order valence-corrected chi connectivity index (χ0v) is 12.6. The molecule has 0 bridgehead atoms. The second-order valence-electron chi connectivity index (χ2n) is 6.25. The predicted molar refractivity (Wildman–Crippen MR) is 85.5 cm³/mol. The van der Waals surface area contributed by atoms with Crippen LogP contribution in [0.4, 0.5) is 5.69 Å². The molecule has 1 aromatic carbocycles. The third-order valence-corrected chi connectivity index (χ3v) is 4.74. The van der Waals surface area contributed by atoms with E-state index in [1.807, 2.05) is 0 Å². The topological polar surface area (TPSA) is 18.5 Å². The fourth-order valence-corrected chi connectivity index (χ4v) is 3.43. The molecular weight excluding hydrogens is 246 g/mol. The summed E-state index contributed by atoms with van der Waals surface area (Å²) >= 11 is 0. The van der Waals surface area contributed by atoms with Crippen molar-refractivity contribution in [2.45, 2.75) is 31.7 Å². The first-order valence-electron chi connectivity index (χ1n) is 8.08. The molecule has 0 radical (unpaired) electrons. The van der Waals surface area contributed by atoms with Gasteiger partial charge in [-0.05, 0) is 64.0 Å². The van der Waals surface area contributed by atoms with Crippen LogP contribution in [-0.4, -0.2) is 50.7 Å². The molecule has 3 heteroatoms. The van der Waals surface area contributed by atoms with Crippen molar-refractivity contribution in [2.24, 2.45) is 0 Å². The highest BCUT2D eigenvalue weighted by atomic mass is 15.1. The Balaban J connectivity index is 1.37. The highest BCUT2D eigenvalue weighted by molar-refractivity contribution is 5.57. The Morgan fingerprint density at radius 1 is 1.15 bits per heavy atom. The van der Waals surface area contributed by atoms with Crippen molar-refractivity contribution in [1.29, 1.82) is 0 Å². The van der Waals surface area contributed by atoms with E-state index in [-0.39, 0.29) is 0 Å². The molecule has 2 aliphatic rings. The molecule has 0 aromatic heterocycles. The Morgan fingerprint density at radius 3 is 2.80 bits per heavy atom. The van der Waals surface area contributed by atoms with Crippen LogP contribution in [0.25, 0.3) is 0 Å². The minimum Gasteiger partial charge on any atom is -0.371 e. The normalized spacial score (nSPS) is 20.4. The summed E-state index contributed by atoms with van der Waals surface area (Å²) in [4.78, 5) is 4.98. The van der Waals surface area contributed by atoms with Gasteiger partial charge in [0.2, 0.25) is 0 Å². The lowest BCUT2D eigenvalue weighted by Gasteiger charge is -2.30. The number of para-hydroxylation sites is 1. The molecule has 3 rings (SSSR count). The maximum Gasteiger partial charge on any atom is 0.0399 e. The average Bonchev–Trinajstić information content (AvgIpc) is 2.89. The second kappa shape index (κ2) is 6.59. The minimum absolute atomic E-state index is 0.747. The van der Waals surface area contributed by atoms with Crippen molar-refractivity contribution in [3.8, 4) is 0 Å². The maximum atomic E-state index is 3.74. The summed E-state index contributed by atoms with van der Waals surface area (Å²) in [6.07, 6.45) is 5.09. The Morgan fingerprint density at radius 2 is 1.95 bits per heavy atom. The summed E-state index contributed by atoms with van der Waals surface area (Å²) in [7, 11) is 2.22. The molecule has 0 unspecified atom stereocenters. The monoisotopic (exact) mass is 273 g/mol. The zero-order valence-electron chi connectivity index (χ0n) is 12.6. The number of benzene rings is 1. The van der Waals surface area contributed by atoms with Gasteiger partial charge in [-0.15, -0.1) is 0 Å². The highest BCUT2D eigenvalue weighted by Gasteiger charge is 2.18. The first-order chi connectivity index (χ1) is 9.83. The van der Waals surface area contributed by atoms with E-state index in [2.05, 4.69) is 46.4 Å². The first-order valence-corrected chi connectivity index (χ1v) is 8.08. The first kappa shape index (κ1) is 13.9. The van der Waals surface area contributed by atoms with Crippen molar-refractivity contribution in [3.05, 3.63) is 29.8 Å². The summed E-state index contributed by atoms with van der Waals surface area (Å²) in [5, 5.41) is 3.74. The smallest absolute Gasteiger partial charge is 0.0399 e. The molecule has 1 fully saturated rings. The third kappa shape index (κ3) is 3.33. The molecule has 110 valence electrons.